The maximum Gasteiger partial charge on any atom is 0.158 e. The van der Waals surface area contributed by atoms with Gasteiger partial charge < -0.3 is 10.5 Å². The van der Waals surface area contributed by atoms with Crippen molar-refractivity contribution in [2.24, 2.45) is 5.73 Å². The normalized spacial score (nSPS) is 11.1. The molecule has 2 rings (SSSR count). The monoisotopic (exact) mass is 206 g/mol. The van der Waals surface area contributed by atoms with E-state index in [0.717, 1.165) is 23.3 Å². The second kappa shape index (κ2) is 4.37. The predicted octanol–water partition coefficient (Wildman–Crippen LogP) is 0.377. The van der Waals surface area contributed by atoms with Crippen molar-refractivity contribution in [3.63, 3.8) is 0 Å². The molecule has 0 saturated heterocycles. The predicted molar refractivity (Wildman–Crippen MR) is 56.5 cm³/mol. The van der Waals surface area contributed by atoms with E-state index < -0.39 is 0 Å². The molecule has 0 amide bonds. The van der Waals surface area contributed by atoms with Crippen LogP contribution in [0.15, 0.2) is 18.5 Å². The molecule has 0 fully saturated rings. The lowest BCUT2D eigenvalue weighted by Gasteiger charge is -1.98. The molecular weight excluding hydrogens is 192 g/mol. The first-order valence-corrected chi connectivity index (χ1v) is 4.87. The van der Waals surface area contributed by atoms with Crippen LogP contribution in [0.1, 0.15) is 11.3 Å². The van der Waals surface area contributed by atoms with Gasteiger partial charge in [0.15, 0.2) is 5.65 Å². The van der Waals surface area contributed by atoms with E-state index >= 15 is 0 Å². The molecule has 0 saturated carbocycles. The summed E-state index contributed by atoms with van der Waals surface area (Å²) in [5.74, 6) is 0. The molecule has 80 valence electrons. The van der Waals surface area contributed by atoms with Crippen LogP contribution in [-0.4, -0.2) is 28.3 Å². The fourth-order valence-electron chi connectivity index (χ4n) is 1.63. The van der Waals surface area contributed by atoms with Gasteiger partial charge in [-0.25, -0.2) is 9.50 Å². The van der Waals surface area contributed by atoms with Gasteiger partial charge in [0, 0.05) is 25.1 Å². The molecule has 0 bridgehead atoms. The average molecular weight is 206 g/mol. The Morgan fingerprint density at radius 3 is 3.13 bits per heavy atom. The largest absolute Gasteiger partial charge is 0.378 e. The Bertz CT molecular complexity index is 452. The number of nitrogens with zero attached hydrogens (tertiary/aromatic N) is 3. The van der Waals surface area contributed by atoms with E-state index in [-0.39, 0.29) is 0 Å². The fraction of sp³-hybridized carbons (Fsp3) is 0.400. The molecule has 5 nitrogen and oxygen atoms in total. The van der Waals surface area contributed by atoms with E-state index in [4.69, 9.17) is 10.5 Å². The van der Waals surface area contributed by atoms with Crippen LogP contribution in [-0.2, 0) is 17.8 Å². The highest BCUT2D eigenvalue weighted by Crippen LogP contribution is 2.14. The Balaban J connectivity index is 2.53. The van der Waals surface area contributed by atoms with Gasteiger partial charge in [-0.1, -0.05) is 0 Å². The van der Waals surface area contributed by atoms with Crippen LogP contribution in [0, 0.1) is 0 Å². The highest BCUT2D eigenvalue weighted by molar-refractivity contribution is 5.49. The highest BCUT2D eigenvalue weighted by Gasteiger charge is 2.11. The number of fused-ring (bicyclic) bond motifs is 1. The molecule has 0 aliphatic carbocycles. The van der Waals surface area contributed by atoms with E-state index in [2.05, 4.69) is 10.1 Å². The maximum atomic E-state index is 5.57. The van der Waals surface area contributed by atoms with E-state index in [1.54, 1.807) is 17.8 Å². The summed E-state index contributed by atoms with van der Waals surface area (Å²) in [7, 11) is 1.66. The molecule has 2 aromatic heterocycles. The molecular formula is C10H14N4O. The zero-order valence-electron chi connectivity index (χ0n) is 8.68. The molecule has 15 heavy (non-hydrogen) atoms. The molecule has 0 aromatic carbocycles. The third-order valence-electron chi connectivity index (χ3n) is 2.25. The van der Waals surface area contributed by atoms with Crippen molar-refractivity contribution in [1.29, 1.82) is 0 Å². The summed E-state index contributed by atoms with van der Waals surface area (Å²) in [6.07, 6.45) is 4.41. The van der Waals surface area contributed by atoms with Gasteiger partial charge in [0.25, 0.3) is 0 Å². The third kappa shape index (κ3) is 1.84. The van der Waals surface area contributed by atoms with Crippen LogP contribution in [0.2, 0.25) is 0 Å². The van der Waals surface area contributed by atoms with Crippen molar-refractivity contribution in [2.75, 3.05) is 13.7 Å². The van der Waals surface area contributed by atoms with Crippen molar-refractivity contribution in [3.8, 4) is 0 Å². The summed E-state index contributed by atoms with van der Waals surface area (Å²) in [6, 6.07) is 1.85. The number of nitrogens with two attached hydrogens (primary N) is 1. The van der Waals surface area contributed by atoms with Gasteiger partial charge in [-0.05, 0) is 19.0 Å². The molecule has 2 heterocycles. The number of rotatable bonds is 4. The van der Waals surface area contributed by atoms with Gasteiger partial charge in [0.1, 0.15) is 0 Å². The fourth-order valence-corrected chi connectivity index (χ4v) is 1.63. The number of methoxy groups -OCH3 is 1. The quantitative estimate of drug-likeness (QED) is 0.785. The second-order valence-electron chi connectivity index (χ2n) is 3.28. The third-order valence-corrected chi connectivity index (χ3v) is 2.25. The van der Waals surface area contributed by atoms with E-state index in [1.807, 2.05) is 12.3 Å². The maximum absolute atomic E-state index is 5.57. The van der Waals surface area contributed by atoms with E-state index in [0.29, 0.717) is 13.2 Å². The highest BCUT2D eigenvalue weighted by atomic mass is 16.5. The van der Waals surface area contributed by atoms with Crippen LogP contribution < -0.4 is 5.73 Å². The lowest BCUT2D eigenvalue weighted by atomic mass is 10.2. The van der Waals surface area contributed by atoms with Gasteiger partial charge in [-0.3, -0.25) is 0 Å². The van der Waals surface area contributed by atoms with Crippen LogP contribution >= 0.6 is 0 Å². The number of aromatic nitrogens is 3. The van der Waals surface area contributed by atoms with Gasteiger partial charge in [0.05, 0.1) is 12.3 Å². The Labute approximate surface area is 87.9 Å². The van der Waals surface area contributed by atoms with Gasteiger partial charge >= 0.3 is 0 Å². The molecule has 0 aliphatic rings. The van der Waals surface area contributed by atoms with Crippen molar-refractivity contribution in [3.05, 3.63) is 29.7 Å². The van der Waals surface area contributed by atoms with Gasteiger partial charge in [-0.15, -0.1) is 0 Å². The zero-order chi connectivity index (χ0) is 10.7. The molecule has 0 atom stereocenters. The first kappa shape index (κ1) is 10.1. The van der Waals surface area contributed by atoms with Crippen LogP contribution in [0.5, 0.6) is 0 Å². The molecule has 0 unspecified atom stereocenters. The van der Waals surface area contributed by atoms with Crippen LogP contribution in [0.25, 0.3) is 5.65 Å². The molecule has 2 N–H and O–H groups in total. The smallest absolute Gasteiger partial charge is 0.158 e. The van der Waals surface area contributed by atoms with Crippen LogP contribution in [0.3, 0.4) is 0 Å². The minimum atomic E-state index is 0.499. The minimum absolute atomic E-state index is 0.499. The second-order valence-corrected chi connectivity index (χ2v) is 3.28. The first-order chi connectivity index (χ1) is 7.36. The topological polar surface area (TPSA) is 65.4 Å². The lowest BCUT2D eigenvalue weighted by Crippen LogP contribution is -2.05. The Morgan fingerprint density at radius 2 is 2.40 bits per heavy atom. The van der Waals surface area contributed by atoms with Crippen LogP contribution in [0.4, 0.5) is 0 Å². The van der Waals surface area contributed by atoms with Crippen molar-refractivity contribution in [1.82, 2.24) is 14.6 Å². The number of hydrogen-bond donors (Lipinski definition) is 1. The summed E-state index contributed by atoms with van der Waals surface area (Å²) in [4.78, 5) is 4.29. The molecule has 5 heteroatoms. The van der Waals surface area contributed by atoms with Crippen molar-refractivity contribution in [2.45, 2.75) is 13.0 Å². The average Bonchev–Trinajstić information content (AvgIpc) is 2.59. The minimum Gasteiger partial charge on any atom is -0.378 e. The van der Waals surface area contributed by atoms with Crippen molar-refractivity contribution >= 4 is 5.65 Å². The summed E-state index contributed by atoms with van der Waals surface area (Å²) >= 11 is 0. The Hall–Kier alpha value is -1.46. The summed E-state index contributed by atoms with van der Waals surface area (Å²) in [5, 5.41) is 4.39. The van der Waals surface area contributed by atoms with Gasteiger partial charge in [-0.2, -0.15) is 5.10 Å². The van der Waals surface area contributed by atoms with E-state index in [1.165, 1.54) is 0 Å². The van der Waals surface area contributed by atoms with Crippen molar-refractivity contribution < 1.29 is 4.74 Å². The molecule has 0 spiro atoms. The Morgan fingerprint density at radius 1 is 1.53 bits per heavy atom. The molecule has 2 aromatic rings. The molecule has 0 radical (unpaired) electrons. The zero-order valence-corrected chi connectivity index (χ0v) is 8.68. The SMILES string of the molecule is COCc1nn2cccnc2c1CCN. The number of hydrogen-bond acceptors (Lipinski definition) is 4. The standard InChI is InChI=1S/C10H14N4O/c1-15-7-9-8(3-4-11)10-12-5-2-6-14(10)13-9/h2,5-6H,3-4,7,11H2,1H3. The summed E-state index contributed by atoms with van der Waals surface area (Å²) in [6.45, 7) is 1.09. The molecule has 0 aliphatic heterocycles. The first-order valence-electron chi connectivity index (χ1n) is 4.87. The van der Waals surface area contributed by atoms with E-state index in [9.17, 15) is 0 Å². The summed E-state index contributed by atoms with van der Waals surface area (Å²) < 4.78 is 6.86. The van der Waals surface area contributed by atoms with Gasteiger partial charge in [0.2, 0.25) is 0 Å². The number of ether oxygens (including phenoxy) is 1. The lowest BCUT2D eigenvalue weighted by molar-refractivity contribution is 0.180. The Kier molecular flexibility index (Phi) is 2.94. The summed E-state index contributed by atoms with van der Waals surface area (Å²) in [5.41, 5.74) is 8.44.